The Labute approximate surface area is 133 Å². The molecule has 0 unspecified atom stereocenters. The van der Waals surface area contributed by atoms with Gasteiger partial charge >= 0.3 is 0 Å². The number of hydrogen-bond acceptors (Lipinski definition) is 4. The summed E-state index contributed by atoms with van der Waals surface area (Å²) in [4.78, 5) is 10.6. The molecule has 0 N–H and O–H groups in total. The largest absolute Gasteiger partial charge is 0.294 e. The highest BCUT2D eigenvalue weighted by atomic mass is 32.2. The highest BCUT2D eigenvalue weighted by Crippen LogP contribution is 2.34. The van der Waals surface area contributed by atoms with Crippen molar-refractivity contribution in [3.63, 3.8) is 0 Å². The zero-order chi connectivity index (χ0) is 17.4. The van der Waals surface area contributed by atoms with Gasteiger partial charge in [-0.25, -0.2) is 12.8 Å². The molecule has 0 atom stereocenters. The van der Waals surface area contributed by atoms with Crippen LogP contribution in [0.1, 0.15) is 5.56 Å². The molecule has 2 aromatic carbocycles. The van der Waals surface area contributed by atoms with Crippen LogP contribution in [0, 0.1) is 22.9 Å². The van der Waals surface area contributed by atoms with Crippen LogP contribution in [0.4, 0.5) is 15.8 Å². The maximum atomic E-state index is 14.0. The fraction of sp³-hybridized carbons (Fsp3) is 0.200. The number of hydrogen-bond donors (Lipinski definition) is 0. The van der Waals surface area contributed by atoms with Gasteiger partial charge in [0.1, 0.15) is 11.5 Å². The molecule has 122 valence electrons. The molecule has 0 fully saturated rings. The normalized spacial score (nSPS) is 11.3. The smallest absolute Gasteiger partial charge is 0.267 e. The van der Waals surface area contributed by atoms with Crippen LogP contribution in [0.25, 0.3) is 11.1 Å². The van der Waals surface area contributed by atoms with E-state index >= 15 is 0 Å². The average molecular weight is 338 g/mol. The average Bonchev–Trinajstić information content (AvgIpc) is 2.45. The van der Waals surface area contributed by atoms with Crippen molar-refractivity contribution >= 4 is 21.4 Å². The number of rotatable bonds is 4. The maximum absolute atomic E-state index is 14.0. The number of nitro benzene ring substituents is 1. The predicted octanol–water partition coefficient (Wildman–Crippen LogP) is 3.11. The number of benzene rings is 2. The molecule has 0 aliphatic rings. The molecule has 6 nitrogen and oxygen atoms in total. The Morgan fingerprint density at radius 2 is 1.83 bits per heavy atom. The van der Waals surface area contributed by atoms with Crippen molar-refractivity contribution < 1.29 is 17.7 Å². The van der Waals surface area contributed by atoms with Crippen molar-refractivity contribution in [1.82, 2.24) is 0 Å². The number of anilines is 1. The summed E-state index contributed by atoms with van der Waals surface area (Å²) in [6.07, 6.45) is 0.949. The second kappa shape index (κ2) is 5.96. The molecular weight excluding hydrogens is 323 g/mol. The van der Waals surface area contributed by atoms with E-state index in [9.17, 15) is 22.9 Å². The molecule has 8 heteroatoms. The van der Waals surface area contributed by atoms with Crippen molar-refractivity contribution in [3.8, 4) is 11.1 Å². The zero-order valence-electron chi connectivity index (χ0n) is 12.8. The Bertz CT molecular complexity index is 881. The molecule has 0 radical (unpaired) electrons. The minimum atomic E-state index is -3.65. The second-order valence-corrected chi connectivity index (χ2v) is 7.19. The molecule has 0 aliphatic carbocycles. The summed E-state index contributed by atoms with van der Waals surface area (Å²) in [6.45, 7) is 1.74. The van der Waals surface area contributed by atoms with E-state index in [4.69, 9.17) is 0 Å². The Kier molecular flexibility index (Phi) is 4.37. The van der Waals surface area contributed by atoms with E-state index in [0.717, 1.165) is 16.1 Å². The lowest BCUT2D eigenvalue weighted by Gasteiger charge is -2.17. The van der Waals surface area contributed by atoms with E-state index < -0.39 is 26.5 Å². The van der Waals surface area contributed by atoms with Gasteiger partial charge < -0.3 is 0 Å². The fourth-order valence-corrected chi connectivity index (χ4v) is 2.65. The standard InChI is InChI=1S/C15H15FN2O4S/c1-10-4-6-12(13(16)8-10)11-5-7-14(15(9-11)18(19)20)17(2)23(3,21)22/h4-9H,1-3H3. The highest BCUT2D eigenvalue weighted by Gasteiger charge is 2.23. The monoisotopic (exact) mass is 338 g/mol. The molecule has 0 saturated carbocycles. The van der Waals surface area contributed by atoms with E-state index in [1.165, 1.54) is 37.4 Å². The third-order valence-corrected chi connectivity index (χ3v) is 4.64. The Hall–Kier alpha value is -2.48. The number of nitrogens with zero attached hydrogens (tertiary/aromatic N) is 2. The summed E-state index contributed by atoms with van der Waals surface area (Å²) >= 11 is 0. The van der Waals surface area contributed by atoms with Gasteiger partial charge in [0.25, 0.3) is 5.69 Å². The number of sulfonamides is 1. The molecular formula is C15H15FN2O4S. The van der Waals surface area contributed by atoms with Gasteiger partial charge in [0.2, 0.25) is 10.0 Å². The van der Waals surface area contributed by atoms with Gasteiger partial charge in [-0.05, 0) is 30.2 Å². The quantitative estimate of drug-likeness (QED) is 0.634. The highest BCUT2D eigenvalue weighted by molar-refractivity contribution is 7.92. The molecule has 0 bridgehead atoms. The van der Waals surface area contributed by atoms with Crippen molar-refractivity contribution in [2.45, 2.75) is 6.92 Å². The van der Waals surface area contributed by atoms with Gasteiger partial charge in [0.05, 0.1) is 11.2 Å². The van der Waals surface area contributed by atoms with E-state index in [0.29, 0.717) is 5.56 Å². The molecule has 23 heavy (non-hydrogen) atoms. The van der Waals surface area contributed by atoms with Crippen LogP contribution in [0.5, 0.6) is 0 Å². The van der Waals surface area contributed by atoms with Gasteiger partial charge in [-0.2, -0.15) is 0 Å². The summed E-state index contributed by atoms with van der Waals surface area (Å²) in [5.74, 6) is -0.497. The Balaban J connectivity index is 2.63. The summed E-state index contributed by atoms with van der Waals surface area (Å²) in [6, 6.07) is 8.48. The van der Waals surface area contributed by atoms with E-state index in [2.05, 4.69) is 0 Å². The summed E-state index contributed by atoms with van der Waals surface area (Å²) in [5.41, 5.74) is 0.769. The van der Waals surface area contributed by atoms with Crippen LogP contribution >= 0.6 is 0 Å². The van der Waals surface area contributed by atoms with Crippen LogP contribution in [0.2, 0.25) is 0 Å². The van der Waals surface area contributed by atoms with E-state index in [-0.39, 0.29) is 11.3 Å². The van der Waals surface area contributed by atoms with E-state index in [1.807, 2.05) is 0 Å². The number of halogens is 1. The molecule has 0 spiro atoms. The van der Waals surface area contributed by atoms with Crippen molar-refractivity contribution in [3.05, 3.63) is 57.9 Å². The van der Waals surface area contributed by atoms with Crippen molar-refractivity contribution in [1.29, 1.82) is 0 Å². The number of nitro groups is 1. The van der Waals surface area contributed by atoms with Crippen molar-refractivity contribution in [2.24, 2.45) is 0 Å². The fourth-order valence-electron chi connectivity index (χ4n) is 2.14. The Morgan fingerprint density at radius 3 is 2.35 bits per heavy atom. The summed E-state index contributed by atoms with van der Waals surface area (Å²) in [7, 11) is -2.42. The second-order valence-electron chi connectivity index (χ2n) is 5.17. The first-order valence-corrected chi connectivity index (χ1v) is 8.45. The topological polar surface area (TPSA) is 80.5 Å². The van der Waals surface area contributed by atoms with Gasteiger partial charge in [0, 0.05) is 18.7 Å². The van der Waals surface area contributed by atoms with Crippen LogP contribution in [0.15, 0.2) is 36.4 Å². The van der Waals surface area contributed by atoms with Gasteiger partial charge in [-0.15, -0.1) is 0 Å². The van der Waals surface area contributed by atoms with Gasteiger partial charge in [0.15, 0.2) is 0 Å². The molecule has 0 amide bonds. The van der Waals surface area contributed by atoms with Crippen LogP contribution in [0.3, 0.4) is 0 Å². The summed E-state index contributed by atoms with van der Waals surface area (Å²) < 4.78 is 38.1. The minimum Gasteiger partial charge on any atom is -0.267 e. The molecule has 0 aliphatic heterocycles. The summed E-state index contributed by atoms with van der Waals surface area (Å²) in [5, 5.41) is 11.3. The lowest BCUT2D eigenvalue weighted by molar-refractivity contribution is -0.384. The van der Waals surface area contributed by atoms with Crippen LogP contribution in [-0.2, 0) is 10.0 Å². The SMILES string of the molecule is Cc1ccc(-c2ccc(N(C)S(C)(=O)=O)c([N+](=O)[O-])c2)c(F)c1. The third kappa shape index (κ3) is 3.48. The zero-order valence-corrected chi connectivity index (χ0v) is 13.6. The lowest BCUT2D eigenvalue weighted by Crippen LogP contribution is -2.25. The van der Waals surface area contributed by atoms with Gasteiger partial charge in [-0.3, -0.25) is 14.4 Å². The molecule has 0 aromatic heterocycles. The van der Waals surface area contributed by atoms with Crippen molar-refractivity contribution in [2.75, 3.05) is 17.6 Å². The minimum absolute atomic E-state index is 0.0752. The van der Waals surface area contributed by atoms with Crippen LogP contribution < -0.4 is 4.31 Å². The third-order valence-electron chi connectivity index (χ3n) is 3.44. The Morgan fingerprint density at radius 1 is 1.17 bits per heavy atom. The van der Waals surface area contributed by atoms with E-state index in [1.54, 1.807) is 13.0 Å². The van der Waals surface area contributed by atoms with Crippen LogP contribution in [-0.4, -0.2) is 26.6 Å². The first-order valence-electron chi connectivity index (χ1n) is 6.60. The first-order chi connectivity index (χ1) is 10.6. The van der Waals surface area contributed by atoms with Gasteiger partial charge in [-0.1, -0.05) is 18.2 Å². The molecule has 0 saturated heterocycles. The molecule has 2 rings (SSSR count). The number of aryl methyl sites for hydroxylation is 1. The first kappa shape index (κ1) is 16.9. The predicted molar refractivity (Wildman–Crippen MR) is 86.5 cm³/mol. The molecule has 2 aromatic rings. The maximum Gasteiger partial charge on any atom is 0.294 e. The lowest BCUT2D eigenvalue weighted by atomic mass is 10.0. The molecule has 0 heterocycles.